The predicted molar refractivity (Wildman–Crippen MR) is 53.8 cm³/mol. The number of rotatable bonds is 6. The van der Waals surface area contributed by atoms with E-state index in [0.717, 1.165) is 25.9 Å². The van der Waals surface area contributed by atoms with E-state index in [0.29, 0.717) is 6.61 Å². The summed E-state index contributed by atoms with van der Waals surface area (Å²) < 4.78 is 5.19. The predicted octanol–water partition coefficient (Wildman–Crippen LogP) is 2.50. The molecular weight excluding hydrogens is 164 g/mol. The Morgan fingerprint density at radius 2 is 2.00 bits per heavy atom. The van der Waals surface area contributed by atoms with Crippen LogP contribution in [0.25, 0.3) is 0 Å². The average molecular weight is 186 g/mol. The summed E-state index contributed by atoms with van der Waals surface area (Å²) in [6.07, 6.45) is 8.10. The quantitative estimate of drug-likeness (QED) is 0.646. The van der Waals surface area contributed by atoms with Crippen molar-refractivity contribution in [3.05, 3.63) is 0 Å². The Hall–Kier alpha value is -0.0800. The number of hydrogen-bond acceptors (Lipinski definition) is 2. The molecule has 0 aromatic carbocycles. The van der Waals surface area contributed by atoms with Crippen LogP contribution in [0.2, 0.25) is 0 Å². The van der Waals surface area contributed by atoms with Gasteiger partial charge >= 0.3 is 0 Å². The van der Waals surface area contributed by atoms with Crippen molar-refractivity contribution in [2.24, 2.45) is 0 Å². The standard InChI is InChI=1S/C11H22O2/c1-2-3-4-5-6-7-11(12)8-9-13-10-11/h12H,2-10H2,1H3. The molecular formula is C11H22O2. The molecule has 1 aliphatic rings. The van der Waals surface area contributed by atoms with E-state index >= 15 is 0 Å². The van der Waals surface area contributed by atoms with E-state index < -0.39 is 5.60 Å². The van der Waals surface area contributed by atoms with Crippen molar-refractivity contribution >= 4 is 0 Å². The van der Waals surface area contributed by atoms with Gasteiger partial charge in [-0.05, 0) is 6.42 Å². The van der Waals surface area contributed by atoms with Crippen molar-refractivity contribution in [3.8, 4) is 0 Å². The van der Waals surface area contributed by atoms with Gasteiger partial charge in [0.15, 0.2) is 0 Å². The Bertz CT molecular complexity index is 128. The minimum Gasteiger partial charge on any atom is -0.387 e. The highest BCUT2D eigenvalue weighted by Crippen LogP contribution is 2.24. The third kappa shape index (κ3) is 4.10. The molecule has 0 aromatic rings. The summed E-state index contributed by atoms with van der Waals surface area (Å²) in [5, 5.41) is 9.92. The second-order valence-electron chi connectivity index (χ2n) is 4.19. The Morgan fingerprint density at radius 1 is 1.23 bits per heavy atom. The zero-order valence-electron chi connectivity index (χ0n) is 8.72. The van der Waals surface area contributed by atoms with E-state index in [1.165, 1.54) is 25.7 Å². The van der Waals surface area contributed by atoms with Gasteiger partial charge in [0, 0.05) is 13.0 Å². The largest absolute Gasteiger partial charge is 0.387 e. The van der Waals surface area contributed by atoms with Crippen molar-refractivity contribution in [2.45, 2.75) is 57.5 Å². The van der Waals surface area contributed by atoms with Crippen molar-refractivity contribution in [2.75, 3.05) is 13.2 Å². The van der Waals surface area contributed by atoms with Crippen LogP contribution in [0, 0.1) is 0 Å². The summed E-state index contributed by atoms with van der Waals surface area (Å²) in [6.45, 7) is 3.52. The van der Waals surface area contributed by atoms with E-state index in [2.05, 4.69) is 6.92 Å². The smallest absolute Gasteiger partial charge is 0.0902 e. The van der Waals surface area contributed by atoms with Gasteiger partial charge in [-0.2, -0.15) is 0 Å². The van der Waals surface area contributed by atoms with Crippen LogP contribution in [-0.2, 0) is 4.74 Å². The van der Waals surface area contributed by atoms with Crippen molar-refractivity contribution < 1.29 is 9.84 Å². The number of aliphatic hydroxyl groups is 1. The Morgan fingerprint density at radius 3 is 2.62 bits per heavy atom. The molecule has 0 spiro atoms. The molecule has 0 saturated carbocycles. The maximum atomic E-state index is 9.92. The van der Waals surface area contributed by atoms with Gasteiger partial charge in [-0.15, -0.1) is 0 Å². The molecule has 1 heterocycles. The van der Waals surface area contributed by atoms with Crippen molar-refractivity contribution in [3.63, 3.8) is 0 Å². The normalized spacial score (nSPS) is 28.2. The van der Waals surface area contributed by atoms with Crippen LogP contribution in [0.15, 0.2) is 0 Å². The number of hydrogen-bond donors (Lipinski definition) is 1. The van der Waals surface area contributed by atoms with Gasteiger partial charge in [-0.1, -0.05) is 39.0 Å². The lowest BCUT2D eigenvalue weighted by molar-refractivity contribution is 0.0171. The first-order valence-corrected chi connectivity index (χ1v) is 5.57. The third-order valence-electron chi connectivity index (χ3n) is 2.83. The first-order valence-electron chi connectivity index (χ1n) is 5.57. The minimum absolute atomic E-state index is 0.480. The van der Waals surface area contributed by atoms with Crippen LogP contribution in [-0.4, -0.2) is 23.9 Å². The fourth-order valence-electron chi connectivity index (χ4n) is 1.85. The van der Waals surface area contributed by atoms with E-state index in [4.69, 9.17) is 4.74 Å². The lowest BCUT2D eigenvalue weighted by atomic mass is 9.95. The monoisotopic (exact) mass is 186 g/mol. The van der Waals surface area contributed by atoms with Crippen LogP contribution in [0.1, 0.15) is 51.9 Å². The first kappa shape index (κ1) is 11.0. The van der Waals surface area contributed by atoms with Crippen LogP contribution >= 0.6 is 0 Å². The Balaban J connectivity index is 1.98. The number of unbranched alkanes of at least 4 members (excludes halogenated alkanes) is 4. The first-order chi connectivity index (χ1) is 6.27. The molecule has 1 saturated heterocycles. The van der Waals surface area contributed by atoms with E-state index in [-0.39, 0.29) is 0 Å². The van der Waals surface area contributed by atoms with Crippen LogP contribution < -0.4 is 0 Å². The average Bonchev–Trinajstić information content (AvgIpc) is 2.53. The number of ether oxygens (including phenoxy) is 1. The molecule has 13 heavy (non-hydrogen) atoms. The van der Waals surface area contributed by atoms with E-state index in [9.17, 15) is 5.11 Å². The molecule has 1 atom stereocenters. The molecule has 1 N–H and O–H groups in total. The summed E-state index contributed by atoms with van der Waals surface area (Å²) >= 11 is 0. The van der Waals surface area contributed by atoms with E-state index in [1.54, 1.807) is 0 Å². The summed E-state index contributed by atoms with van der Waals surface area (Å²) in [4.78, 5) is 0. The highest BCUT2D eigenvalue weighted by molar-refractivity contribution is 4.82. The van der Waals surface area contributed by atoms with Gasteiger partial charge in [0.25, 0.3) is 0 Å². The molecule has 0 bridgehead atoms. The second kappa shape index (κ2) is 5.61. The summed E-state index contributed by atoms with van der Waals surface area (Å²) in [5.41, 5.74) is -0.480. The summed E-state index contributed by atoms with van der Waals surface area (Å²) in [7, 11) is 0. The minimum atomic E-state index is -0.480. The van der Waals surface area contributed by atoms with Gasteiger partial charge in [0.1, 0.15) is 0 Å². The lowest BCUT2D eigenvalue weighted by Gasteiger charge is -2.19. The van der Waals surface area contributed by atoms with Crippen LogP contribution in [0.3, 0.4) is 0 Å². The Labute approximate surface area is 81.3 Å². The van der Waals surface area contributed by atoms with Crippen molar-refractivity contribution in [1.82, 2.24) is 0 Å². The second-order valence-corrected chi connectivity index (χ2v) is 4.19. The SMILES string of the molecule is CCCCCCCC1(O)CCOC1. The Kier molecular flexibility index (Phi) is 4.74. The van der Waals surface area contributed by atoms with Gasteiger partial charge in [0.05, 0.1) is 12.2 Å². The molecule has 0 radical (unpaired) electrons. The molecule has 2 nitrogen and oxygen atoms in total. The zero-order chi connectivity index (χ0) is 9.57. The van der Waals surface area contributed by atoms with Crippen LogP contribution in [0.4, 0.5) is 0 Å². The van der Waals surface area contributed by atoms with Gasteiger partial charge in [0.2, 0.25) is 0 Å². The van der Waals surface area contributed by atoms with Crippen molar-refractivity contribution in [1.29, 1.82) is 0 Å². The fourth-order valence-corrected chi connectivity index (χ4v) is 1.85. The van der Waals surface area contributed by atoms with Gasteiger partial charge in [-0.25, -0.2) is 0 Å². The van der Waals surface area contributed by atoms with Gasteiger partial charge in [-0.3, -0.25) is 0 Å². The molecule has 1 fully saturated rings. The maximum Gasteiger partial charge on any atom is 0.0902 e. The van der Waals surface area contributed by atoms with E-state index in [1.807, 2.05) is 0 Å². The maximum absolute atomic E-state index is 9.92. The summed E-state index contributed by atoms with van der Waals surface area (Å²) in [5.74, 6) is 0. The molecule has 1 aliphatic heterocycles. The summed E-state index contributed by atoms with van der Waals surface area (Å²) in [6, 6.07) is 0. The van der Waals surface area contributed by atoms with Crippen LogP contribution in [0.5, 0.6) is 0 Å². The highest BCUT2D eigenvalue weighted by Gasteiger charge is 2.31. The lowest BCUT2D eigenvalue weighted by Crippen LogP contribution is -2.28. The molecule has 78 valence electrons. The molecule has 2 heteroatoms. The highest BCUT2D eigenvalue weighted by atomic mass is 16.5. The molecule has 0 aliphatic carbocycles. The topological polar surface area (TPSA) is 29.5 Å². The molecule has 1 unspecified atom stereocenters. The molecule has 1 rings (SSSR count). The fraction of sp³-hybridized carbons (Fsp3) is 1.00. The molecule has 0 amide bonds. The molecule has 0 aromatic heterocycles. The third-order valence-corrected chi connectivity index (χ3v) is 2.83. The zero-order valence-corrected chi connectivity index (χ0v) is 8.72. The van der Waals surface area contributed by atoms with Gasteiger partial charge < -0.3 is 9.84 Å².